The van der Waals surface area contributed by atoms with Crippen molar-refractivity contribution in [2.45, 2.75) is 46.6 Å². The summed E-state index contributed by atoms with van der Waals surface area (Å²) in [6.07, 6.45) is 5.43. The molecule has 1 unspecified atom stereocenters. The average molecular weight is 285 g/mol. The molecule has 0 aliphatic rings. The van der Waals surface area contributed by atoms with E-state index in [-0.39, 0.29) is 6.04 Å². The Hall–Kier alpha value is -2.04. The van der Waals surface area contributed by atoms with Crippen molar-refractivity contribution >= 4 is 5.95 Å². The van der Waals surface area contributed by atoms with Gasteiger partial charge in [-0.05, 0) is 38.3 Å². The molecule has 21 heavy (non-hydrogen) atoms. The standard InChI is InChI=1S/C16H23N5/c1-5-14-15(6-2)19-20-16(18-14)21(7-3)12(4)13-9-8-10-17-11-13/h8-12H,5-7H2,1-4H3. The number of anilines is 1. The van der Waals surface area contributed by atoms with Crippen LogP contribution in [0.4, 0.5) is 5.95 Å². The molecule has 0 N–H and O–H groups in total. The first kappa shape index (κ1) is 15.4. The predicted octanol–water partition coefficient (Wildman–Crippen LogP) is 2.98. The van der Waals surface area contributed by atoms with E-state index in [2.05, 4.69) is 53.8 Å². The molecular formula is C16H23N5. The second-order valence-electron chi connectivity index (χ2n) is 4.96. The van der Waals surface area contributed by atoms with E-state index in [4.69, 9.17) is 4.98 Å². The van der Waals surface area contributed by atoms with Crippen LogP contribution < -0.4 is 4.90 Å². The number of nitrogens with zero attached hydrogens (tertiary/aromatic N) is 5. The summed E-state index contributed by atoms with van der Waals surface area (Å²) in [5.41, 5.74) is 3.19. The molecular weight excluding hydrogens is 262 g/mol. The molecule has 0 radical (unpaired) electrons. The van der Waals surface area contributed by atoms with Gasteiger partial charge in [0, 0.05) is 18.9 Å². The molecule has 0 fully saturated rings. The van der Waals surface area contributed by atoms with Gasteiger partial charge in [0.1, 0.15) is 0 Å². The molecule has 0 saturated carbocycles. The number of pyridine rings is 1. The van der Waals surface area contributed by atoms with Crippen LogP contribution in [-0.2, 0) is 12.8 Å². The van der Waals surface area contributed by atoms with Gasteiger partial charge in [0.05, 0.1) is 17.4 Å². The maximum Gasteiger partial charge on any atom is 0.246 e. The van der Waals surface area contributed by atoms with Crippen LogP contribution in [-0.4, -0.2) is 26.7 Å². The minimum Gasteiger partial charge on any atom is -0.333 e. The van der Waals surface area contributed by atoms with Crippen LogP contribution in [0.5, 0.6) is 0 Å². The summed E-state index contributed by atoms with van der Waals surface area (Å²) in [4.78, 5) is 11.1. The van der Waals surface area contributed by atoms with Gasteiger partial charge in [0.15, 0.2) is 0 Å². The summed E-state index contributed by atoms with van der Waals surface area (Å²) in [5.74, 6) is 0.697. The van der Waals surface area contributed by atoms with E-state index in [0.29, 0.717) is 5.95 Å². The van der Waals surface area contributed by atoms with Crippen LogP contribution in [0.25, 0.3) is 0 Å². The van der Waals surface area contributed by atoms with Crippen LogP contribution >= 0.6 is 0 Å². The number of hydrogen-bond donors (Lipinski definition) is 0. The number of aromatic nitrogens is 4. The predicted molar refractivity (Wildman–Crippen MR) is 84.3 cm³/mol. The van der Waals surface area contributed by atoms with Crippen LogP contribution in [0.1, 0.15) is 50.7 Å². The van der Waals surface area contributed by atoms with Crippen molar-refractivity contribution in [1.82, 2.24) is 20.2 Å². The van der Waals surface area contributed by atoms with Crippen LogP contribution in [0.3, 0.4) is 0 Å². The minimum atomic E-state index is 0.169. The molecule has 0 aromatic carbocycles. The van der Waals surface area contributed by atoms with Crippen LogP contribution in [0.2, 0.25) is 0 Å². The fourth-order valence-electron chi connectivity index (χ4n) is 2.44. The van der Waals surface area contributed by atoms with E-state index in [1.54, 1.807) is 6.20 Å². The Morgan fingerprint density at radius 2 is 1.86 bits per heavy atom. The highest BCUT2D eigenvalue weighted by molar-refractivity contribution is 5.35. The summed E-state index contributed by atoms with van der Waals surface area (Å²) in [5, 5.41) is 8.66. The van der Waals surface area contributed by atoms with Crippen molar-refractivity contribution in [3.8, 4) is 0 Å². The monoisotopic (exact) mass is 285 g/mol. The first-order chi connectivity index (χ1) is 10.2. The Morgan fingerprint density at radius 3 is 2.43 bits per heavy atom. The largest absolute Gasteiger partial charge is 0.333 e. The van der Waals surface area contributed by atoms with Gasteiger partial charge in [-0.1, -0.05) is 19.9 Å². The highest BCUT2D eigenvalue weighted by Gasteiger charge is 2.19. The Labute approximate surface area is 126 Å². The van der Waals surface area contributed by atoms with Crippen molar-refractivity contribution in [3.05, 3.63) is 41.5 Å². The van der Waals surface area contributed by atoms with Gasteiger partial charge in [0.25, 0.3) is 0 Å². The normalized spacial score (nSPS) is 12.2. The molecule has 2 aromatic heterocycles. The van der Waals surface area contributed by atoms with Gasteiger partial charge in [-0.3, -0.25) is 4.98 Å². The van der Waals surface area contributed by atoms with E-state index < -0.39 is 0 Å². The lowest BCUT2D eigenvalue weighted by molar-refractivity contribution is 0.648. The quantitative estimate of drug-likeness (QED) is 0.816. The van der Waals surface area contributed by atoms with E-state index in [1.807, 2.05) is 12.3 Å². The second kappa shape index (κ2) is 7.11. The molecule has 0 aliphatic carbocycles. The molecule has 0 aliphatic heterocycles. The smallest absolute Gasteiger partial charge is 0.246 e. The Kier molecular flexibility index (Phi) is 5.20. The molecule has 2 heterocycles. The molecule has 1 atom stereocenters. The van der Waals surface area contributed by atoms with E-state index >= 15 is 0 Å². The number of hydrogen-bond acceptors (Lipinski definition) is 5. The highest BCUT2D eigenvalue weighted by Crippen LogP contribution is 2.23. The molecule has 112 valence electrons. The SMILES string of the molecule is CCc1nnc(N(CC)C(C)c2cccnc2)nc1CC. The van der Waals surface area contributed by atoms with Crippen LogP contribution in [0.15, 0.2) is 24.5 Å². The summed E-state index contributed by atoms with van der Waals surface area (Å²) in [6, 6.07) is 4.20. The summed E-state index contributed by atoms with van der Waals surface area (Å²) in [7, 11) is 0. The maximum absolute atomic E-state index is 4.71. The summed E-state index contributed by atoms with van der Waals surface area (Å²) < 4.78 is 0. The van der Waals surface area contributed by atoms with Crippen molar-refractivity contribution in [2.24, 2.45) is 0 Å². The molecule has 5 nitrogen and oxygen atoms in total. The van der Waals surface area contributed by atoms with Crippen LogP contribution in [0, 0.1) is 0 Å². The van der Waals surface area contributed by atoms with Crippen molar-refractivity contribution in [1.29, 1.82) is 0 Å². The van der Waals surface area contributed by atoms with Crippen molar-refractivity contribution in [2.75, 3.05) is 11.4 Å². The lowest BCUT2D eigenvalue weighted by atomic mass is 10.1. The van der Waals surface area contributed by atoms with Gasteiger partial charge < -0.3 is 4.90 Å². The Balaban J connectivity index is 2.33. The molecule has 0 bridgehead atoms. The number of aryl methyl sites for hydroxylation is 2. The molecule has 5 heteroatoms. The lowest BCUT2D eigenvalue weighted by Crippen LogP contribution is -2.29. The zero-order valence-corrected chi connectivity index (χ0v) is 13.2. The average Bonchev–Trinajstić information content (AvgIpc) is 2.56. The Morgan fingerprint density at radius 1 is 1.10 bits per heavy atom. The highest BCUT2D eigenvalue weighted by atomic mass is 15.3. The second-order valence-corrected chi connectivity index (χ2v) is 4.96. The van der Waals surface area contributed by atoms with Gasteiger partial charge >= 0.3 is 0 Å². The van der Waals surface area contributed by atoms with Gasteiger partial charge in [-0.2, -0.15) is 5.10 Å². The summed E-state index contributed by atoms with van der Waals surface area (Å²) in [6.45, 7) is 9.26. The third kappa shape index (κ3) is 3.35. The third-order valence-corrected chi connectivity index (χ3v) is 3.73. The van der Waals surface area contributed by atoms with Crippen molar-refractivity contribution in [3.63, 3.8) is 0 Å². The number of rotatable bonds is 6. The Bertz CT molecular complexity index is 570. The summed E-state index contributed by atoms with van der Waals surface area (Å²) >= 11 is 0. The third-order valence-electron chi connectivity index (χ3n) is 3.73. The van der Waals surface area contributed by atoms with E-state index in [0.717, 1.165) is 36.3 Å². The minimum absolute atomic E-state index is 0.169. The molecule has 2 rings (SSSR count). The van der Waals surface area contributed by atoms with Crippen molar-refractivity contribution < 1.29 is 0 Å². The fraction of sp³-hybridized carbons (Fsp3) is 0.500. The van der Waals surface area contributed by atoms with Gasteiger partial charge in [-0.15, -0.1) is 5.10 Å². The first-order valence-corrected chi connectivity index (χ1v) is 7.60. The zero-order valence-electron chi connectivity index (χ0n) is 13.2. The zero-order chi connectivity index (χ0) is 15.2. The molecule has 0 saturated heterocycles. The topological polar surface area (TPSA) is 54.8 Å². The van der Waals surface area contributed by atoms with E-state index in [1.165, 1.54) is 0 Å². The van der Waals surface area contributed by atoms with Gasteiger partial charge in [-0.25, -0.2) is 4.98 Å². The lowest BCUT2D eigenvalue weighted by Gasteiger charge is -2.28. The van der Waals surface area contributed by atoms with E-state index in [9.17, 15) is 0 Å². The molecule has 2 aromatic rings. The molecule has 0 amide bonds. The fourth-order valence-corrected chi connectivity index (χ4v) is 2.44. The van der Waals surface area contributed by atoms with Gasteiger partial charge in [0.2, 0.25) is 5.95 Å². The maximum atomic E-state index is 4.71. The first-order valence-electron chi connectivity index (χ1n) is 7.60. The molecule has 0 spiro atoms.